The molecule has 0 aliphatic heterocycles. The highest BCUT2D eigenvalue weighted by Gasteiger charge is 2.23. The number of benzene rings is 2. The Morgan fingerprint density at radius 2 is 2.04 bits per heavy atom. The van der Waals surface area contributed by atoms with Gasteiger partial charge in [0.05, 0.1) is 21.6 Å². The van der Waals surface area contributed by atoms with E-state index in [-0.39, 0.29) is 16.1 Å². The summed E-state index contributed by atoms with van der Waals surface area (Å²) >= 11 is 7.31. The van der Waals surface area contributed by atoms with Gasteiger partial charge in [0, 0.05) is 11.5 Å². The average Bonchev–Trinajstić information content (AvgIpc) is 3.26. The van der Waals surface area contributed by atoms with Crippen molar-refractivity contribution >= 4 is 44.0 Å². The Bertz CT molecular complexity index is 1040. The molecule has 1 atom stereocenters. The van der Waals surface area contributed by atoms with Gasteiger partial charge in [-0.05, 0) is 42.2 Å². The lowest BCUT2D eigenvalue weighted by Gasteiger charge is -2.17. The van der Waals surface area contributed by atoms with Crippen molar-refractivity contribution in [2.75, 3.05) is 10.0 Å². The van der Waals surface area contributed by atoms with Crippen molar-refractivity contribution in [3.8, 4) is 0 Å². The maximum Gasteiger partial charge on any atom is 0.263 e. The van der Waals surface area contributed by atoms with Crippen molar-refractivity contribution in [2.45, 2.75) is 23.8 Å². The number of sulfonamides is 1. The van der Waals surface area contributed by atoms with Gasteiger partial charge in [0.15, 0.2) is 0 Å². The lowest BCUT2D eigenvalue weighted by Crippen LogP contribution is -2.13. The maximum atomic E-state index is 12.4. The van der Waals surface area contributed by atoms with Crippen molar-refractivity contribution in [1.82, 2.24) is 9.36 Å². The summed E-state index contributed by atoms with van der Waals surface area (Å²) in [6.45, 7) is 0. The van der Waals surface area contributed by atoms with E-state index in [4.69, 9.17) is 11.6 Å². The van der Waals surface area contributed by atoms with E-state index in [2.05, 4.69) is 31.5 Å². The monoisotopic (exact) mass is 406 g/mol. The van der Waals surface area contributed by atoms with E-state index in [0.29, 0.717) is 10.7 Å². The van der Waals surface area contributed by atoms with Gasteiger partial charge in [-0.3, -0.25) is 4.72 Å². The first-order valence-corrected chi connectivity index (χ1v) is 10.6. The van der Waals surface area contributed by atoms with E-state index in [1.165, 1.54) is 29.6 Å². The summed E-state index contributed by atoms with van der Waals surface area (Å²) in [6, 6.07) is 13.1. The van der Waals surface area contributed by atoms with Gasteiger partial charge in [0.1, 0.15) is 6.33 Å². The Kier molecular flexibility index (Phi) is 4.56. The van der Waals surface area contributed by atoms with Crippen LogP contribution in [0.25, 0.3) is 0 Å². The lowest BCUT2D eigenvalue weighted by atomic mass is 10.1. The fourth-order valence-electron chi connectivity index (χ4n) is 3.07. The van der Waals surface area contributed by atoms with E-state index in [1.54, 1.807) is 6.07 Å². The molecule has 1 aromatic heterocycles. The number of nitrogens with one attached hydrogen (secondary N) is 2. The second kappa shape index (κ2) is 6.86. The van der Waals surface area contributed by atoms with Crippen molar-refractivity contribution in [1.29, 1.82) is 0 Å². The molecule has 0 amide bonds. The highest BCUT2D eigenvalue weighted by Crippen LogP contribution is 2.36. The molecule has 1 aliphatic carbocycles. The summed E-state index contributed by atoms with van der Waals surface area (Å²) in [4.78, 5) is 3.91. The highest BCUT2D eigenvalue weighted by molar-refractivity contribution is 7.93. The molecule has 9 heteroatoms. The minimum atomic E-state index is -3.75. The van der Waals surface area contributed by atoms with Gasteiger partial charge < -0.3 is 5.32 Å². The van der Waals surface area contributed by atoms with Crippen LogP contribution in [-0.4, -0.2) is 17.8 Å². The normalized spacial score (nSPS) is 16.3. The second-order valence-corrected chi connectivity index (χ2v) is 8.80. The molecule has 2 aromatic carbocycles. The molecule has 0 fully saturated rings. The first-order valence-electron chi connectivity index (χ1n) is 7.96. The smallest absolute Gasteiger partial charge is 0.263 e. The molecule has 4 rings (SSSR count). The quantitative estimate of drug-likeness (QED) is 0.666. The molecular weight excluding hydrogens is 392 g/mol. The van der Waals surface area contributed by atoms with Crippen LogP contribution in [-0.2, 0) is 16.4 Å². The van der Waals surface area contributed by atoms with Crippen LogP contribution in [0.1, 0.15) is 23.6 Å². The summed E-state index contributed by atoms with van der Waals surface area (Å²) in [5.74, 6) is 0. The molecular formula is C17H15ClN4O2S2. The molecule has 6 nitrogen and oxygen atoms in total. The van der Waals surface area contributed by atoms with Crippen LogP contribution in [0.3, 0.4) is 0 Å². The van der Waals surface area contributed by atoms with Crippen LogP contribution >= 0.6 is 23.1 Å². The molecule has 26 heavy (non-hydrogen) atoms. The van der Waals surface area contributed by atoms with Crippen molar-refractivity contribution < 1.29 is 8.42 Å². The standard InChI is InChI=1S/C17H15ClN4O2S2/c18-14-9-12(26(23,24)22-17-19-10-20-25-17)6-8-16(14)21-15-7-5-11-3-1-2-4-13(11)15/h1-4,6,8-10,15,21H,5,7H2,(H,19,20,22)/t15-/m0/s1. The van der Waals surface area contributed by atoms with Crippen LogP contribution in [0, 0.1) is 0 Å². The molecule has 0 saturated carbocycles. The Labute approximate surface area is 160 Å². The van der Waals surface area contributed by atoms with E-state index >= 15 is 0 Å². The third-order valence-corrected chi connectivity index (χ3v) is 6.66. The number of aryl methyl sites for hydroxylation is 1. The molecule has 0 bridgehead atoms. The van der Waals surface area contributed by atoms with Gasteiger partial charge in [-0.15, -0.1) is 0 Å². The summed E-state index contributed by atoms with van der Waals surface area (Å²) in [7, 11) is -3.75. The zero-order valence-corrected chi connectivity index (χ0v) is 15.9. The van der Waals surface area contributed by atoms with Crippen molar-refractivity contribution in [2.24, 2.45) is 0 Å². The van der Waals surface area contributed by atoms with Gasteiger partial charge >= 0.3 is 0 Å². The van der Waals surface area contributed by atoms with Gasteiger partial charge in [-0.25, -0.2) is 13.4 Å². The topological polar surface area (TPSA) is 84.0 Å². The maximum absolute atomic E-state index is 12.4. The first kappa shape index (κ1) is 17.3. The fraction of sp³-hybridized carbons (Fsp3) is 0.176. The number of aromatic nitrogens is 2. The molecule has 0 spiro atoms. The van der Waals surface area contributed by atoms with Crippen molar-refractivity contribution in [3.63, 3.8) is 0 Å². The highest BCUT2D eigenvalue weighted by atomic mass is 35.5. The minimum absolute atomic E-state index is 0.0788. The molecule has 2 N–H and O–H groups in total. The fourth-order valence-corrected chi connectivity index (χ4v) is 5.05. The zero-order valence-electron chi connectivity index (χ0n) is 13.5. The predicted octanol–water partition coefficient (Wildman–Crippen LogP) is 4.09. The molecule has 1 aliphatic rings. The van der Waals surface area contributed by atoms with Crippen LogP contribution < -0.4 is 10.0 Å². The second-order valence-electron chi connectivity index (χ2n) is 5.93. The van der Waals surface area contributed by atoms with Crippen LogP contribution in [0.2, 0.25) is 5.02 Å². The Morgan fingerprint density at radius 1 is 1.19 bits per heavy atom. The van der Waals surface area contributed by atoms with Crippen LogP contribution in [0.4, 0.5) is 10.8 Å². The number of halogens is 1. The van der Waals surface area contributed by atoms with Crippen LogP contribution in [0.15, 0.2) is 53.7 Å². The van der Waals surface area contributed by atoms with E-state index in [0.717, 1.165) is 24.4 Å². The summed E-state index contributed by atoms with van der Waals surface area (Å²) < 4.78 is 31.0. The number of anilines is 2. The third-order valence-electron chi connectivity index (χ3n) is 4.30. The van der Waals surface area contributed by atoms with Gasteiger partial charge in [-0.2, -0.15) is 4.37 Å². The molecule has 0 radical (unpaired) electrons. The van der Waals surface area contributed by atoms with Gasteiger partial charge in [0.2, 0.25) is 5.13 Å². The Morgan fingerprint density at radius 3 is 2.81 bits per heavy atom. The largest absolute Gasteiger partial charge is 0.377 e. The SMILES string of the molecule is O=S(=O)(Nc1ncns1)c1ccc(N[C@H]2CCc3ccccc32)c(Cl)c1. The van der Waals surface area contributed by atoms with E-state index in [1.807, 2.05) is 12.1 Å². The van der Waals surface area contributed by atoms with E-state index < -0.39 is 10.0 Å². The van der Waals surface area contributed by atoms with Gasteiger partial charge in [0.25, 0.3) is 10.0 Å². The van der Waals surface area contributed by atoms with Crippen LogP contribution in [0.5, 0.6) is 0 Å². The number of nitrogens with zero attached hydrogens (tertiary/aromatic N) is 2. The lowest BCUT2D eigenvalue weighted by molar-refractivity contribution is 0.601. The molecule has 0 saturated heterocycles. The summed E-state index contributed by atoms with van der Waals surface area (Å²) in [5.41, 5.74) is 3.31. The van der Waals surface area contributed by atoms with Gasteiger partial charge in [-0.1, -0.05) is 35.9 Å². The molecule has 134 valence electrons. The molecule has 1 heterocycles. The average molecular weight is 407 g/mol. The third kappa shape index (κ3) is 3.40. The number of rotatable bonds is 5. The number of fused-ring (bicyclic) bond motifs is 1. The number of hydrogen-bond donors (Lipinski definition) is 2. The van der Waals surface area contributed by atoms with Crippen molar-refractivity contribution in [3.05, 3.63) is 64.9 Å². The minimum Gasteiger partial charge on any atom is -0.377 e. The zero-order chi connectivity index (χ0) is 18.1. The Balaban J connectivity index is 1.55. The molecule has 3 aromatic rings. The first-order chi connectivity index (χ1) is 12.5. The Hall–Kier alpha value is -2.16. The summed E-state index contributed by atoms with van der Waals surface area (Å²) in [5, 5.41) is 3.99. The summed E-state index contributed by atoms with van der Waals surface area (Å²) in [6.07, 6.45) is 3.29. The predicted molar refractivity (Wildman–Crippen MR) is 103 cm³/mol. The van der Waals surface area contributed by atoms with E-state index in [9.17, 15) is 8.42 Å². The molecule has 0 unspecified atom stereocenters. The number of hydrogen-bond acceptors (Lipinski definition) is 6.